The molecule has 344 valence electrons. The van der Waals surface area contributed by atoms with Gasteiger partial charge in [0.1, 0.15) is 0 Å². The van der Waals surface area contributed by atoms with Gasteiger partial charge in [-0.25, -0.2) is 0 Å². The Balaban J connectivity index is 1.49. The molecule has 65 heavy (non-hydrogen) atoms. The molecule has 0 aliphatic heterocycles. The van der Waals surface area contributed by atoms with Crippen molar-refractivity contribution < 1.29 is 62.7 Å². The van der Waals surface area contributed by atoms with Crippen molar-refractivity contribution in [2.75, 3.05) is 75.7 Å². The standard InChI is InChI=1S/2C21H24F2NO3.2C5H5.Ti/c2*1-2-3-12-26-14-15-27-13-11-24(20-10-9-18(22)16-19(20)23)21(25)17-7-5-4-6-8-17;2*1-2-4-5-3-1;/h2*4-10H,2-3,11-15H2,1H3;2*1-5H;. The molecule has 2 amide bonds. The Hall–Kier alpha value is -4.95. The molecule has 8 nitrogen and oxygen atoms in total. The zero-order valence-corrected chi connectivity index (χ0v) is 38.7. The van der Waals surface area contributed by atoms with E-state index < -0.39 is 67.9 Å². The van der Waals surface area contributed by atoms with E-state index in [-0.39, 0.29) is 62.0 Å². The van der Waals surface area contributed by atoms with Crippen molar-refractivity contribution in [3.05, 3.63) is 168 Å². The Morgan fingerprint density at radius 3 is 1.20 bits per heavy atom. The van der Waals surface area contributed by atoms with Crippen LogP contribution in [0.5, 0.6) is 0 Å². The predicted octanol–water partition coefficient (Wildman–Crippen LogP) is 10.1. The molecule has 0 saturated carbocycles. The summed E-state index contributed by atoms with van der Waals surface area (Å²) in [5.41, 5.74) is -0.0345. The summed E-state index contributed by atoms with van der Waals surface area (Å²) in [5.74, 6) is -5.36. The second-order valence-electron chi connectivity index (χ2n) is 15.8. The van der Waals surface area contributed by atoms with Crippen LogP contribution in [-0.4, -0.2) is 77.8 Å². The molecule has 0 aromatic heterocycles. The van der Waals surface area contributed by atoms with Crippen LogP contribution in [0.15, 0.2) is 134 Å². The molecule has 2 aliphatic carbocycles. The number of allylic oxidation sites excluding steroid dienone is 8. The zero-order chi connectivity index (χ0) is 46.0. The quantitative estimate of drug-likeness (QED) is 0.0355. The molecule has 6 rings (SSSR count). The van der Waals surface area contributed by atoms with Gasteiger partial charge in [-0.2, -0.15) is 0 Å². The van der Waals surface area contributed by atoms with Crippen LogP contribution >= 0.6 is 0 Å². The summed E-state index contributed by atoms with van der Waals surface area (Å²) in [4.78, 5) is 31.1. The molecule has 2 aliphatic rings. The molecule has 4 aromatic rings. The summed E-state index contributed by atoms with van der Waals surface area (Å²) >= 11 is -5.42. The fourth-order valence-corrected chi connectivity index (χ4v) is 17.1. The van der Waals surface area contributed by atoms with Crippen molar-refractivity contribution in [2.24, 2.45) is 0 Å². The number of benzene rings is 4. The van der Waals surface area contributed by atoms with Gasteiger partial charge in [-0.3, -0.25) is 0 Å². The van der Waals surface area contributed by atoms with Gasteiger partial charge in [0.2, 0.25) is 0 Å². The maximum absolute atomic E-state index is 18.2. The summed E-state index contributed by atoms with van der Waals surface area (Å²) in [7, 11) is 0. The van der Waals surface area contributed by atoms with Gasteiger partial charge in [-0.1, -0.05) is 26.7 Å². The molecular weight excluding hydrogens is 872 g/mol. The number of halogens is 4. The van der Waals surface area contributed by atoms with Crippen LogP contribution in [-0.2, 0) is 35.5 Å². The van der Waals surface area contributed by atoms with Gasteiger partial charge in [0.25, 0.3) is 0 Å². The summed E-state index contributed by atoms with van der Waals surface area (Å²) in [6, 6.07) is 21.1. The number of amides is 2. The minimum atomic E-state index is -5.42. The first-order chi connectivity index (χ1) is 31.7. The first-order valence-corrected chi connectivity index (χ1v) is 25.8. The van der Waals surface area contributed by atoms with E-state index in [0.717, 1.165) is 37.8 Å². The molecule has 0 bridgehead atoms. The van der Waals surface area contributed by atoms with E-state index in [4.69, 9.17) is 18.9 Å². The van der Waals surface area contributed by atoms with Gasteiger partial charge in [0, 0.05) is 0 Å². The van der Waals surface area contributed by atoms with Gasteiger partial charge in [0.15, 0.2) is 0 Å². The Morgan fingerprint density at radius 1 is 0.492 bits per heavy atom. The maximum atomic E-state index is 18.2. The van der Waals surface area contributed by atoms with E-state index in [2.05, 4.69) is 13.8 Å². The first kappa shape index (κ1) is 49.5. The number of ether oxygens (including phenoxy) is 4. The number of carbonyl (C=O) groups excluding carboxylic acids is 2. The van der Waals surface area contributed by atoms with Gasteiger partial charge in [0.05, 0.1) is 0 Å². The first-order valence-electron chi connectivity index (χ1n) is 22.5. The van der Waals surface area contributed by atoms with Gasteiger partial charge < -0.3 is 0 Å². The molecular formula is C52H58F4N2O6Ti. The van der Waals surface area contributed by atoms with E-state index >= 15 is 17.6 Å². The van der Waals surface area contributed by atoms with Crippen LogP contribution in [0.2, 0.25) is 8.45 Å². The third-order valence-electron chi connectivity index (χ3n) is 11.6. The molecule has 13 heteroatoms. The van der Waals surface area contributed by atoms with E-state index in [0.29, 0.717) is 26.4 Å². The molecule has 0 heterocycles. The van der Waals surface area contributed by atoms with Crippen molar-refractivity contribution in [3.8, 4) is 0 Å². The second-order valence-corrected chi connectivity index (χ2v) is 22.1. The SMILES string of the molecule is CCCCOCCOCCN(C(=O)c1ccccc1)c1ccc(F)[c]([Ti]([c]2c(F)ccc(N(CCOCCOCCCC)C(=O)c3ccccc3)c2F)([CH]2C=CC=C2)[CH]2C=CC=C2)c1F. The normalized spacial score (nSPS) is 13.6. The Bertz CT molecular complexity index is 2120. The third kappa shape index (κ3) is 11.9. The Morgan fingerprint density at radius 2 is 0.846 bits per heavy atom. The van der Waals surface area contributed by atoms with E-state index in [1.807, 2.05) is 0 Å². The Kier molecular flexibility index (Phi) is 19.1. The second kappa shape index (κ2) is 25.1. The molecule has 0 N–H and O–H groups in total. The fraction of sp³-hybridized carbons (Fsp3) is 0.346. The molecule has 0 spiro atoms. The van der Waals surface area contributed by atoms with Crippen molar-refractivity contribution in [3.63, 3.8) is 0 Å². The molecule has 0 atom stereocenters. The molecule has 0 unspecified atom stereocenters. The summed E-state index contributed by atoms with van der Waals surface area (Å²) < 4.78 is 91.2. The zero-order valence-electron chi connectivity index (χ0n) is 37.1. The van der Waals surface area contributed by atoms with Crippen LogP contribution in [0.1, 0.15) is 60.2 Å². The van der Waals surface area contributed by atoms with Crippen molar-refractivity contribution >= 4 is 30.9 Å². The van der Waals surface area contributed by atoms with Crippen LogP contribution in [0.3, 0.4) is 0 Å². The molecule has 4 aromatic carbocycles. The van der Waals surface area contributed by atoms with E-state index in [1.165, 1.54) is 21.9 Å². The molecule has 0 radical (unpaired) electrons. The topological polar surface area (TPSA) is 77.5 Å². The van der Waals surface area contributed by atoms with Crippen LogP contribution in [0.4, 0.5) is 28.9 Å². The fourth-order valence-electron chi connectivity index (χ4n) is 8.33. The number of rotatable bonds is 26. The van der Waals surface area contributed by atoms with Crippen molar-refractivity contribution in [1.29, 1.82) is 0 Å². The molecule has 0 saturated heterocycles. The number of hydrogen-bond acceptors (Lipinski definition) is 6. The minimum absolute atomic E-state index is 0.0111. The van der Waals surface area contributed by atoms with Gasteiger partial charge in [-0.15, -0.1) is 0 Å². The third-order valence-corrected chi connectivity index (χ3v) is 20.1. The van der Waals surface area contributed by atoms with Crippen molar-refractivity contribution in [2.45, 2.75) is 48.0 Å². The van der Waals surface area contributed by atoms with E-state index in [9.17, 15) is 9.59 Å². The summed E-state index contributed by atoms with van der Waals surface area (Å²) in [5, 5.41) is 0. The monoisotopic (exact) mass is 930 g/mol. The number of anilines is 2. The van der Waals surface area contributed by atoms with Crippen LogP contribution < -0.4 is 17.5 Å². The van der Waals surface area contributed by atoms with E-state index in [1.54, 1.807) is 109 Å². The van der Waals surface area contributed by atoms with Crippen LogP contribution in [0.25, 0.3) is 0 Å². The number of unbranched alkanes of at least 4 members (excludes halogenated alkanes) is 2. The summed E-state index contributed by atoms with van der Waals surface area (Å²) in [6.45, 7) is 6.13. The van der Waals surface area contributed by atoms with Gasteiger partial charge >= 0.3 is 359 Å². The number of carbonyl (C=O) groups is 2. The average molecular weight is 931 g/mol. The predicted molar refractivity (Wildman–Crippen MR) is 245 cm³/mol. The number of hydrogen-bond donors (Lipinski definition) is 0. The van der Waals surface area contributed by atoms with Crippen LogP contribution in [0, 0.1) is 23.3 Å². The van der Waals surface area contributed by atoms with Gasteiger partial charge in [-0.05, 0) is 0 Å². The number of nitrogens with zero attached hydrogens (tertiary/aromatic N) is 2. The van der Waals surface area contributed by atoms with Crippen molar-refractivity contribution in [1.82, 2.24) is 0 Å². The summed E-state index contributed by atoms with van der Waals surface area (Å²) in [6.07, 6.45) is 17.5. The Labute approximate surface area is 383 Å². The molecule has 0 fully saturated rings. The average Bonchev–Trinajstić information content (AvgIpc) is 4.08.